The van der Waals surface area contributed by atoms with Crippen molar-refractivity contribution >= 4 is 5.97 Å². The molecule has 0 bridgehead atoms. The van der Waals surface area contributed by atoms with E-state index in [1.165, 1.54) is 12.7 Å². The van der Waals surface area contributed by atoms with Gasteiger partial charge in [0, 0.05) is 6.61 Å². The van der Waals surface area contributed by atoms with E-state index >= 15 is 0 Å². The molecule has 1 rings (SSSR count). The molecule has 0 aromatic rings. The molecule has 116 valence electrons. The Balaban J connectivity index is 2.49. The lowest BCUT2D eigenvalue weighted by Crippen LogP contribution is -2.24. The molecule has 1 unspecified atom stereocenters. The van der Waals surface area contributed by atoms with Crippen LogP contribution in [-0.2, 0) is 24.0 Å². The Kier molecular flexibility index (Phi) is 8.30. The van der Waals surface area contributed by atoms with E-state index in [9.17, 15) is 4.79 Å². The Morgan fingerprint density at radius 3 is 2.50 bits per heavy atom. The van der Waals surface area contributed by atoms with Gasteiger partial charge in [-0.3, -0.25) is 4.89 Å². The van der Waals surface area contributed by atoms with E-state index in [1.54, 1.807) is 6.92 Å². The fraction of sp³-hybridized carbons (Fsp3) is 0.800. The van der Waals surface area contributed by atoms with E-state index in [0.29, 0.717) is 18.8 Å². The Bertz CT molecular complexity index is 307. The SMILES string of the molecule is CCOC=C(C(=O)OOC1CCCCC1)C(C)OCC. The average Bonchev–Trinajstić information content (AvgIpc) is 2.47. The summed E-state index contributed by atoms with van der Waals surface area (Å²) >= 11 is 0. The molecule has 5 heteroatoms. The summed E-state index contributed by atoms with van der Waals surface area (Å²) in [6.07, 6.45) is 6.39. The van der Waals surface area contributed by atoms with Gasteiger partial charge in [0.15, 0.2) is 0 Å². The Hall–Kier alpha value is -1.07. The van der Waals surface area contributed by atoms with Crippen molar-refractivity contribution in [3.8, 4) is 0 Å². The van der Waals surface area contributed by atoms with Crippen LogP contribution in [0.2, 0.25) is 0 Å². The summed E-state index contributed by atoms with van der Waals surface area (Å²) < 4.78 is 10.6. The van der Waals surface area contributed by atoms with E-state index in [-0.39, 0.29) is 12.2 Å². The second-order valence-electron chi connectivity index (χ2n) is 4.85. The number of rotatable bonds is 8. The van der Waals surface area contributed by atoms with Crippen LogP contribution < -0.4 is 0 Å². The van der Waals surface area contributed by atoms with E-state index < -0.39 is 5.97 Å². The van der Waals surface area contributed by atoms with Gasteiger partial charge in [-0.15, -0.1) is 0 Å². The maximum atomic E-state index is 12.0. The second kappa shape index (κ2) is 9.77. The minimum atomic E-state index is -0.537. The lowest BCUT2D eigenvalue weighted by atomic mass is 9.98. The molecule has 0 aromatic heterocycles. The van der Waals surface area contributed by atoms with Gasteiger partial charge in [0.25, 0.3) is 0 Å². The largest absolute Gasteiger partial charge is 0.501 e. The molecule has 0 amide bonds. The van der Waals surface area contributed by atoms with Crippen molar-refractivity contribution in [3.63, 3.8) is 0 Å². The molecular formula is C15H26O5. The van der Waals surface area contributed by atoms with Crippen molar-refractivity contribution in [1.82, 2.24) is 0 Å². The zero-order chi connectivity index (χ0) is 14.8. The van der Waals surface area contributed by atoms with Crippen LogP contribution in [-0.4, -0.2) is 31.4 Å². The molecule has 0 N–H and O–H groups in total. The molecule has 1 fully saturated rings. The Morgan fingerprint density at radius 1 is 1.20 bits per heavy atom. The second-order valence-corrected chi connectivity index (χ2v) is 4.85. The smallest absolute Gasteiger partial charge is 0.374 e. The number of carbonyl (C=O) groups is 1. The predicted molar refractivity (Wildman–Crippen MR) is 74.8 cm³/mol. The summed E-state index contributed by atoms with van der Waals surface area (Å²) in [4.78, 5) is 22.2. The predicted octanol–water partition coefficient (Wildman–Crippen LogP) is 3.14. The summed E-state index contributed by atoms with van der Waals surface area (Å²) in [5.74, 6) is -0.537. The molecule has 0 saturated heterocycles. The van der Waals surface area contributed by atoms with E-state index in [4.69, 9.17) is 19.2 Å². The number of ether oxygens (including phenoxy) is 2. The lowest BCUT2D eigenvalue weighted by Gasteiger charge is -2.21. The number of hydrogen-bond acceptors (Lipinski definition) is 5. The highest BCUT2D eigenvalue weighted by Crippen LogP contribution is 2.21. The van der Waals surface area contributed by atoms with Crippen molar-refractivity contribution in [2.24, 2.45) is 0 Å². The van der Waals surface area contributed by atoms with Crippen molar-refractivity contribution in [3.05, 3.63) is 11.8 Å². The third kappa shape index (κ3) is 5.92. The van der Waals surface area contributed by atoms with Crippen LogP contribution in [0.4, 0.5) is 0 Å². The number of carbonyl (C=O) groups excluding carboxylic acids is 1. The van der Waals surface area contributed by atoms with Crippen molar-refractivity contribution < 1.29 is 24.0 Å². The van der Waals surface area contributed by atoms with Crippen molar-refractivity contribution in [2.75, 3.05) is 13.2 Å². The zero-order valence-corrected chi connectivity index (χ0v) is 12.7. The summed E-state index contributed by atoms with van der Waals surface area (Å²) in [7, 11) is 0. The van der Waals surface area contributed by atoms with Gasteiger partial charge in [0.05, 0.1) is 19.0 Å². The molecule has 0 aromatic carbocycles. The van der Waals surface area contributed by atoms with Gasteiger partial charge in [-0.2, -0.15) is 4.89 Å². The maximum Gasteiger partial charge on any atom is 0.374 e. The minimum absolute atomic E-state index is 0.0171. The molecular weight excluding hydrogens is 260 g/mol. The quantitative estimate of drug-likeness (QED) is 0.297. The van der Waals surface area contributed by atoms with Crippen LogP contribution in [0.1, 0.15) is 52.9 Å². The summed E-state index contributed by atoms with van der Waals surface area (Å²) in [6, 6.07) is 0. The van der Waals surface area contributed by atoms with Gasteiger partial charge in [-0.25, -0.2) is 4.79 Å². The van der Waals surface area contributed by atoms with E-state index in [1.807, 2.05) is 13.8 Å². The number of hydrogen-bond donors (Lipinski definition) is 0. The molecule has 0 radical (unpaired) electrons. The average molecular weight is 286 g/mol. The molecule has 1 aliphatic rings. The summed E-state index contributed by atoms with van der Waals surface area (Å²) in [6.45, 7) is 6.51. The van der Waals surface area contributed by atoms with E-state index in [0.717, 1.165) is 25.7 Å². The van der Waals surface area contributed by atoms with Crippen LogP contribution in [0.25, 0.3) is 0 Å². The van der Waals surface area contributed by atoms with Gasteiger partial charge >= 0.3 is 5.97 Å². The van der Waals surface area contributed by atoms with Crippen molar-refractivity contribution in [2.45, 2.75) is 65.1 Å². The first-order valence-corrected chi connectivity index (χ1v) is 7.49. The summed E-state index contributed by atoms with van der Waals surface area (Å²) in [5.41, 5.74) is 0.338. The van der Waals surface area contributed by atoms with Crippen molar-refractivity contribution in [1.29, 1.82) is 0 Å². The Morgan fingerprint density at radius 2 is 1.90 bits per heavy atom. The van der Waals surface area contributed by atoms with Crippen LogP contribution in [0.15, 0.2) is 11.8 Å². The van der Waals surface area contributed by atoms with Crippen LogP contribution in [0, 0.1) is 0 Å². The fourth-order valence-electron chi connectivity index (χ4n) is 2.14. The topological polar surface area (TPSA) is 54.0 Å². The van der Waals surface area contributed by atoms with Gasteiger partial charge < -0.3 is 9.47 Å². The molecule has 0 spiro atoms. The minimum Gasteiger partial charge on any atom is -0.501 e. The first-order valence-electron chi connectivity index (χ1n) is 7.49. The molecule has 20 heavy (non-hydrogen) atoms. The van der Waals surface area contributed by atoms with Gasteiger partial charge in [0.2, 0.25) is 0 Å². The van der Waals surface area contributed by atoms with Gasteiger partial charge in [-0.05, 0) is 33.6 Å². The highest BCUT2D eigenvalue weighted by Gasteiger charge is 2.23. The van der Waals surface area contributed by atoms with Crippen LogP contribution in [0.5, 0.6) is 0 Å². The third-order valence-electron chi connectivity index (χ3n) is 3.28. The maximum absolute atomic E-state index is 12.0. The molecule has 1 saturated carbocycles. The highest BCUT2D eigenvalue weighted by atomic mass is 17.2. The first kappa shape index (κ1) is 17.0. The standard InChI is InChI=1S/C15H26O5/c1-4-17-11-14(12(3)18-5-2)15(16)20-19-13-9-7-6-8-10-13/h11-13H,4-10H2,1-3H3. The zero-order valence-electron chi connectivity index (χ0n) is 12.7. The molecule has 0 aliphatic heterocycles. The van der Waals surface area contributed by atoms with Gasteiger partial charge in [0.1, 0.15) is 11.7 Å². The van der Waals surface area contributed by atoms with Crippen LogP contribution in [0.3, 0.4) is 0 Å². The van der Waals surface area contributed by atoms with E-state index in [2.05, 4.69) is 0 Å². The van der Waals surface area contributed by atoms with Crippen LogP contribution >= 0.6 is 0 Å². The monoisotopic (exact) mass is 286 g/mol. The lowest BCUT2D eigenvalue weighted by molar-refractivity contribution is -0.299. The third-order valence-corrected chi connectivity index (χ3v) is 3.28. The van der Waals surface area contributed by atoms with Gasteiger partial charge in [-0.1, -0.05) is 19.3 Å². The summed E-state index contributed by atoms with van der Waals surface area (Å²) in [5, 5.41) is 0. The highest BCUT2D eigenvalue weighted by molar-refractivity contribution is 5.88. The molecule has 0 heterocycles. The molecule has 1 aliphatic carbocycles. The molecule has 1 atom stereocenters. The molecule has 5 nitrogen and oxygen atoms in total. The Labute approximate surface area is 121 Å². The normalized spacial score (nSPS) is 18.6. The first-order chi connectivity index (χ1) is 9.69. The fourth-order valence-corrected chi connectivity index (χ4v) is 2.14.